The van der Waals surface area contributed by atoms with E-state index in [0.717, 1.165) is 34.9 Å². The third-order valence-corrected chi connectivity index (χ3v) is 5.44. The molecule has 5 heteroatoms. The standard InChI is InChI=1S/C20H24F2N2O/c1-13-6-5-7-17(14(13)2)20(15(3)25)9-8-18-16(10-20)11-24(23-18)12-19(4,21)22/h5-7,11H,8-10,12H2,1-4H3. The molecule has 0 fully saturated rings. The zero-order valence-electron chi connectivity index (χ0n) is 15.2. The molecule has 0 N–H and O–H groups in total. The Labute approximate surface area is 147 Å². The van der Waals surface area contributed by atoms with Crippen LogP contribution in [0.15, 0.2) is 24.4 Å². The van der Waals surface area contributed by atoms with E-state index in [1.807, 2.05) is 32.0 Å². The predicted molar refractivity (Wildman–Crippen MR) is 93.1 cm³/mol. The zero-order valence-corrected chi connectivity index (χ0v) is 15.2. The molecule has 0 spiro atoms. The molecule has 3 nitrogen and oxygen atoms in total. The van der Waals surface area contributed by atoms with Gasteiger partial charge in [-0.1, -0.05) is 18.2 Å². The van der Waals surface area contributed by atoms with Crippen molar-refractivity contribution in [3.8, 4) is 0 Å². The fourth-order valence-corrected chi connectivity index (χ4v) is 3.96. The van der Waals surface area contributed by atoms with E-state index in [0.29, 0.717) is 19.3 Å². The van der Waals surface area contributed by atoms with Crippen molar-refractivity contribution in [2.24, 2.45) is 0 Å². The van der Waals surface area contributed by atoms with E-state index in [1.54, 1.807) is 13.1 Å². The molecule has 0 aliphatic heterocycles. The average molecular weight is 346 g/mol. The van der Waals surface area contributed by atoms with E-state index in [-0.39, 0.29) is 5.78 Å². The first-order valence-corrected chi connectivity index (χ1v) is 8.63. The molecule has 0 amide bonds. The summed E-state index contributed by atoms with van der Waals surface area (Å²) < 4.78 is 27.9. The number of benzene rings is 1. The van der Waals surface area contributed by atoms with Gasteiger partial charge in [0.15, 0.2) is 0 Å². The summed E-state index contributed by atoms with van der Waals surface area (Å²) in [6.45, 7) is 6.19. The van der Waals surface area contributed by atoms with Gasteiger partial charge in [0, 0.05) is 13.1 Å². The lowest BCUT2D eigenvalue weighted by Gasteiger charge is -2.36. The monoisotopic (exact) mass is 346 g/mol. The number of rotatable bonds is 4. The molecule has 25 heavy (non-hydrogen) atoms. The number of nitrogens with zero attached hydrogens (tertiary/aromatic N) is 2. The van der Waals surface area contributed by atoms with Crippen molar-refractivity contribution >= 4 is 5.78 Å². The largest absolute Gasteiger partial charge is 0.299 e. The fraction of sp³-hybridized carbons (Fsp3) is 0.500. The molecule has 1 aromatic carbocycles. The number of carbonyl (C=O) groups excluding carboxylic acids is 1. The van der Waals surface area contributed by atoms with Crippen molar-refractivity contribution in [2.45, 2.75) is 64.8 Å². The van der Waals surface area contributed by atoms with Crippen LogP contribution in [0.1, 0.15) is 48.2 Å². The Bertz CT molecular complexity index is 820. The number of hydrogen-bond acceptors (Lipinski definition) is 2. The second kappa shape index (κ2) is 6.04. The van der Waals surface area contributed by atoms with Crippen molar-refractivity contribution in [1.82, 2.24) is 9.78 Å². The number of aromatic nitrogens is 2. The van der Waals surface area contributed by atoms with E-state index in [4.69, 9.17) is 0 Å². The number of hydrogen-bond donors (Lipinski definition) is 0. The molecule has 1 heterocycles. The number of aryl methyl sites for hydroxylation is 2. The Kier molecular flexibility index (Phi) is 4.30. The van der Waals surface area contributed by atoms with E-state index < -0.39 is 17.9 Å². The molecule has 1 aromatic heterocycles. The van der Waals surface area contributed by atoms with Gasteiger partial charge in [0.1, 0.15) is 12.3 Å². The van der Waals surface area contributed by atoms with Gasteiger partial charge in [-0.05, 0) is 62.3 Å². The van der Waals surface area contributed by atoms with E-state index in [9.17, 15) is 13.6 Å². The minimum Gasteiger partial charge on any atom is -0.299 e. The van der Waals surface area contributed by atoms with Crippen molar-refractivity contribution in [3.63, 3.8) is 0 Å². The van der Waals surface area contributed by atoms with Crippen molar-refractivity contribution < 1.29 is 13.6 Å². The summed E-state index contributed by atoms with van der Waals surface area (Å²) >= 11 is 0. The molecular weight excluding hydrogens is 322 g/mol. The summed E-state index contributed by atoms with van der Waals surface area (Å²) in [7, 11) is 0. The Morgan fingerprint density at radius 1 is 1.36 bits per heavy atom. The maximum absolute atomic E-state index is 13.3. The molecule has 1 aliphatic carbocycles. The summed E-state index contributed by atoms with van der Waals surface area (Å²) in [6.07, 6.45) is 3.51. The molecule has 1 aliphatic rings. The van der Waals surface area contributed by atoms with Gasteiger partial charge in [-0.3, -0.25) is 9.48 Å². The number of ketones is 1. The first-order valence-electron chi connectivity index (χ1n) is 8.63. The quantitative estimate of drug-likeness (QED) is 0.833. The van der Waals surface area contributed by atoms with Gasteiger partial charge < -0.3 is 0 Å². The highest BCUT2D eigenvalue weighted by molar-refractivity contribution is 5.89. The lowest BCUT2D eigenvalue weighted by atomic mass is 9.65. The van der Waals surface area contributed by atoms with Crippen LogP contribution in [-0.4, -0.2) is 21.5 Å². The van der Waals surface area contributed by atoms with Gasteiger partial charge in [0.2, 0.25) is 0 Å². The second-order valence-electron chi connectivity index (χ2n) is 7.43. The maximum Gasteiger partial charge on any atom is 0.264 e. The summed E-state index contributed by atoms with van der Waals surface area (Å²) in [5, 5.41) is 4.32. The Morgan fingerprint density at radius 3 is 2.72 bits per heavy atom. The van der Waals surface area contributed by atoms with Crippen LogP contribution in [-0.2, 0) is 29.6 Å². The number of halogens is 2. The molecule has 0 bridgehead atoms. The van der Waals surface area contributed by atoms with Crippen LogP contribution in [0.3, 0.4) is 0 Å². The maximum atomic E-state index is 13.3. The van der Waals surface area contributed by atoms with Crippen LogP contribution < -0.4 is 0 Å². The summed E-state index contributed by atoms with van der Waals surface area (Å²) in [6, 6.07) is 6.06. The van der Waals surface area contributed by atoms with E-state index in [2.05, 4.69) is 5.10 Å². The Hall–Kier alpha value is -2.04. The average Bonchev–Trinajstić information content (AvgIpc) is 2.88. The number of Topliss-reactive ketones (excluding diaryl/α,β-unsaturated/α-hetero) is 1. The highest BCUT2D eigenvalue weighted by Gasteiger charge is 2.42. The molecule has 1 atom stereocenters. The van der Waals surface area contributed by atoms with Crippen molar-refractivity contribution in [3.05, 3.63) is 52.3 Å². The Morgan fingerprint density at radius 2 is 2.08 bits per heavy atom. The van der Waals surface area contributed by atoms with E-state index >= 15 is 0 Å². The van der Waals surface area contributed by atoms with Gasteiger partial charge in [-0.2, -0.15) is 5.10 Å². The first-order chi connectivity index (χ1) is 11.6. The SMILES string of the molecule is CC(=O)C1(c2cccc(C)c2C)CCc2nn(CC(C)(F)F)cc2C1. The number of fused-ring (bicyclic) bond motifs is 1. The Balaban J connectivity index is 2.02. The van der Waals surface area contributed by atoms with E-state index in [1.165, 1.54) is 4.68 Å². The molecule has 1 unspecified atom stereocenters. The first kappa shape index (κ1) is 17.8. The van der Waals surface area contributed by atoms with Gasteiger partial charge in [0.25, 0.3) is 5.92 Å². The van der Waals surface area contributed by atoms with Crippen LogP contribution in [0, 0.1) is 13.8 Å². The van der Waals surface area contributed by atoms with Crippen LogP contribution in [0.2, 0.25) is 0 Å². The molecule has 0 saturated carbocycles. The minimum absolute atomic E-state index is 0.125. The molecular formula is C20H24F2N2O. The lowest BCUT2D eigenvalue weighted by Crippen LogP contribution is -2.40. The van der Waals surface area contributed by atoms with Gasteiger partial charge >= 0.3 is 0 Å². The summed E-state index contributed by atoms with van der Waals surface area (Å²) in [5.74, 6) is -2.68. The van der Waals surface area contributed by atoms with Gasteiger partial charge in [0.05, 0.1) is 11.1 Å². The van der Waals surface area contributed by atoms with Gasteiger partial charge in [-0.25, -0.2) is 8.78 Å². The minimum atomic E-state index is -2.81. The highest BCUT2D eigenvalue weighted by atomic mass is 19.3. The highest BCUT2D eigenvalue weighted by Crippen LogP contribution is 2.41. The molecule has 0 radical (unpaired) electrons. The second-order valence-corrected chi connectivity index (χ2v) is 7.43. The van der Waals surface area contributed by atoms with Crippen LogP contribution >= 0.6 is 0 Å². The molecule has 0 saturated heterocycles. The third kappa shape index (κ3) is 3.24. The third-order valence-electron chi connectivity index (χ3n) is 5.44. The fourth-order valence-electron chi connectivity index (χ4n) is 3.96. The van der Waals surface area contributed by atoms with Crippen LogP contribution in [0.5, 0.6) is 0 Å². The van der Waals surface area contributed by atoms with Crippen molar-refractivity contribution in [1.29, 1.82) is 0 Å². The van der Waals surface area contributed by atoms with Gasteiger partial charge in [-0.15, -0.1) is 0 Å². The predicted octanol–water partition coefficient (Wildman–Crippen LogP) is 4.17. The molecule has 134 valence electrons. The smallest absolute Gasteiger partial charge is 0.264 e. The number of alkyl halides is 2. The van der Waals surface area contributed by atoms with Crippen molar-refractivity contribution in [2.75, 3.05) is 0 Å². The van der Waals surface area contributed by atoms with Crippen LogP contribution in [0.4, 0.5) is 8.78 Å². The topological polar surface area (TPSA) is 34.9 Å². The summed E-state index contributed by atoms with van der Waals surface area (Å²) in [4.78, 5) is 12.7. The number of carbonyl (C=O) groups is 1. The normalized spacial score (nSPS) is 20.4. The molecule has 3 rings (SSSR count). The molecule has 2 aromatic rings. The zero-order chi connectivity index (χ0) is 18.4. The van der Waals surface area contributed by atoms with Crippen LogP contribution in [0.25, 0.3) is 0 Å². The summed E-state index contributed by atoms with van der Waals surface area (Å²) in [5.41, 5.74) is 4.50. The lowest BCUT2D eigenvalue weighted by molar-refractivity contribution is -0.123.